The third-order valence-corrected chi connectivity index (χ3v) is 6.34. The summed E-state index contributed by atoms with van der Waals surface area (Å²) in [5.41, 5.74) is -1.15. The molecule has 35 heavy (non-hydrogen) atoms. The highest BCUT2D eigenvalue weighted by Gasteiger charge is 2.29. The van der Waals surface area contributed by atoms with E-state index in [1.165, 1.54) is 12.4 Å². The second-order valence-corrected chi connectivity index (χ2v) is 9.35. The molecule has 0 aliphatic heterocycles. The molecule has 0 saturated heterocycles. The maximum Gasteiger partial charge on any atom is 0.405 e. The number of alkyl halides is 3. The Kier molecular flexibility index (Phi) is 9.81. The fourth-order valence-electron chi connectivity index (χ4n) is 2.72. The number of aliphatic hydroxyl groups is 1. The summed E-state index contributed by atoms with van der Waals surface area (Å²) in [5.74, 6) is -0.604. The average Bonchev–Trinajstić information content (AvgIpc) is 3.10. The number of nitrogens with zero attached hydrogens (tertiary/aromatic N) is 4. The lowest BCUT2D eigenvalue weighted by molar-refractivity contribution is -0.135. The molecule has 1 amide bonds. The van der Waals surface area contributed by atoms with Crippen molar-refractivity contribution < 1.29 is 23.1 Å². The molecule has 0 spiro atoms. The van der Waals surface area contributed by atoms with Gasteiger partial charge in [0.05, 0.1) is 17.1 Å². The summed E-state index contributed by atoms with van der Waals surface area (Å²) in [5, 5.41) is 26.4. The monoisotopic (exact) mass is 577 g/mol. The summed E-state index contributed by atoms with van der Waals surface area (Å²) in [7, 11) is 0. The maximum absolute atomic E-state index is 12.8. The van der Waals surface area contributed by atoms with Crippen LogP contribution in [0.1, 0.15) is 20.8 Å². The van der Waals surface area contributed by atoms with E-state index in [-0.39, 0.29) is 40.3 Å². The molecular weight excluding hydrogens is 555 g/mol. The number of rotatable bonds is 9. The molecule has 0 bridgehead atoms. The Morgan fingerprint density at radius 2 is 2.11 bits per heavy atom. The maximum atomic E-state index is 12.8. The van der Waals surface area contributed by atoms with E-state index in [9.17, 15) is 33.1 Å². The van der Waals surface area contributed by atoms with E-state index in [0.29, 0.717) is 10.3 Å². The van der Waals surface area contributed by atoms with Crippen molar-refractivity contribution in [1.29, 1.82) is 5.26 Å². The van der Waals surface area contributed by atoms with Crippen molar-refractivity contribution in [3.63, 3.8) is 0 Å². The summed E-state index contributed by atoms with van der Waals surface area (Å²) < 4.78 is 39.0. The van der Waals surface area contributed by atoms with Gasteiger partial charge in [0.25, 0.3) is 11.5 Å². The van der Waals surface area contributed by atoms with Gasteiger partial charge in [-0.1, -0.05) is 13.8 Å². The van der Waals surface area contributed by atoms with Gasteiger partial charge in [0, 0.05) is 18.9 Å². The summed E-state index contributed by atoms with van der Waals surface area (Å²) in [6.45, 7) is 3.81. The normalized spacial score (nSPS) is 13.9. The van der Waals surface area contributed by atoms with E-state index in [4.69, 9.17) is 0 Å². The highest BCUT2D eigenvalue weighted by molar-refractivity contribution is 9.10. The molecule has 2 aromatic heterocycles. The Morgan fingerprint density at radius 1 is 1.43 bits per heavy atom. The molecule has 4 N–H and O–H groups in total. The standard InChI is InChI=1S/C20H23BrF3N7O3S/c1-4-31-17(34)14(35-18(31)11(5-25)16(33)28-9-20(22,23)24)7-27-19-26-6-12(21)15(30-19)29-13(8-32)10(2)3/h6-7,10,13,32H,4,8-9H2,1-3H3,(H,28,33)(H2,26,27,29,30)/t13-/m0/s1. The number of hydrogen-bond donors (Lipinski definition) is 4. The molecular formula is C20H23BrF3N7O3S. The zero-order valence-corrected chi connectivity index (χ0v) is 21.3. The summed E-state index contributed by atoms with van der Waals surface area (Å²) >= 11 is 4.10. The first-order valence-corrected chi connectivity index (χ1v) is 11.9. The van der Waals surface area contributed by atoms with Gasteiger partial charge in [-0.3, -0.25) is 14.2 Å². The minimum Gasteiger partial charge on any atom is -0.394 e. The minimum absolute atomic E-state index is 0.0745. The Balaban J connectivity index is 2.44. The fraction of sp³-hybridized carbons (Fsp3) is 0.450. The zero-order valence-electron chi connectivity index (χ0n) is 18.9. The summed E-state index contributed by atoms with van der Waals surface area (Å²) in [6.07, 6.45) is -1.90. The molecule has 0 fully saturated rings. The van der Waals surface area contributed by atoms with Gasteiger partial charge in [0.15, 0.2) is 5.57 Å². The first-order valence-electron chi connectivity index (χ1n) is 10.3. The third-order valence-electron chi connectivity index (χ3n) is 4.63. The van der Waals surface area contributed by atoms with Gasteiger partial charge in [-0.05, 0) is 28.8 Å². The molecule has 0 aliphatic carbocycles. The summed E-state index contributed by atoms with van der Waals surface area (Å²) in [4.78, 5) is 33.3. The Hall–Kier alpha value is -2.96. The molecule has 0 unspecified atom stereocenters. The van der Waals surface area contributed by atoms with Crippen molar-refractivity contribution in [2.45, 2.75) is 39.5 Å². The largest absolute Gasteiger partial charge is 0.405 e. The molecule has 0 aliphatic rings. The van der Waals surface area contributed by atoms with Crippen LogP contribution in [0, 0.1) is 17.2 Å². The van der Waals surface area contributed by atoms with Crippen LogP contribution >= 0.6 is 27.3 Å². The van der Waals surface area contributed by atoms with E-state index in [1.54, 1.807) is 18.3 Å². The highest BCUT2D eigenvalue weighted by Crippen LogP contribution is 2.22. The van der Waals surface area contributed by atoms with Gasteiger partial charge in [-0.25, -0.2) is 4.98 Å². The second kappa shape index (κ2) is 12.1. The first kappa shape index (κ1) is 28.3. The topological polar surface area (TPSA) is 145 Å². The SMILES string of the molecule is CCn1c(=C(C#N)C(=O)NCC(F)(F)F)sc(=CNc2ncc(Br)c(N[C@@H](CO)C(C)C)n2)c1=O. The van der Waals surface area contributed by atoms with Gasteiger partial charge in [-0.15, -0.1) is 11.3 Å². The van der Waals surface area contributed by atoms with Crippen LogP contribution in [0.2, 0.25) is 0 Å². The molecule has 10 nitrogen and oxygen atoms in total. The minimum atomic E-state index is -4.65. The first-order chi connectivity index (χ1) is 16.4. The van der Waals surface area contributed by atoms with Crippen LogP contribution in [0.5, 0.6) is 0 Å². The van der Waals surface area contributed by atoms with Gasteiger partial charge < -0.3 is 21.1 Å². The van der Waals surface area contributed by atoms with Gasteiger partial charge >= 0.3 is 6.18 Å². The number of thiazole rings is 1. The number of amides is 1. The lowest BCUT2D eigenvalue weighted by Gasteiger charge is -2.21. The molecule has 0 radical (unpaired) electrons. The van der Waals surface area contributed by atoms with Crippen molar-refractivity contribution in [2.75, 3.05) is 23.8 Å². The molecule has 15 heteroatoms. The summed E-state index contributed by atoms with van der Waals surface area (Å²) in [6, 6.07) is 1.32. The van der Waals surface area contributed by atoms with Crippen molar-refractivity contribution in [2.24, 2.45) is 5.92 Å². The van der Waals surface area contributed by atoms with E-state index in [1.807, 2.05) is 13.8 Å². The fourth-order valence-corrected chi connectivity index (χ4v) is 4.12. The molecule has 2 aromatic rings. The van der Waals surface area contributed by atoms with Crippen molar-refractivity contribution in [1.82, 2.24) is 19.9 Å². The number of aromatic nitrogens is 3. The van der Waals surface area contributed by atoms with Crippen LogP contribution in [0.25, 0.3) is 11.8 Å². The number of anilines is 2. The van der Waals surface area contributed by atoms with Gasteiger partial charge in [0.2, 0.25) is 5.95 Å². The van der Waals surface area contributed by atoms with Crippen molar-refractivity contribution >= 4 is 56.7 Å². The molecule has 0 aromatic carbocycles. The third kappa shape index (κ3) is 7.51. The highest BCUT2D eigenvalue weighted by atomic mass is 79.9. The van der Waals surface area contributed by atoms with E-state index in [2.05, 4.69) is 36.5 Å². The van der Waals surface area contributed by atoms with Crippen LogP contribution in [0.4, 0.5) is 24.9 Å². The lowest BCUT2D eigenvalue weighted by atomic mass is 10.1. The van der Waals surface area contributed by atoms with E-state index < -0.39 is 29.8 Å². The zero-order chi connectivity index (χ0) is 26.3. The second-order valence-electron chi connectivity index (χ2n) is 7.46. The number of nitriles is 1. The predicted molar refractivity (Wildman–Crippen MR) is 129 cm³/mol. The van der Waals surface area contributed by atoms with E-state index in [0.717, 1.165) is 15.9 Å². The van der Waals surface area contributed by atoms with Crippen LogP contribution in [0.15, 0.2) is 15.5 Å². The molecule has 2 rings (SSSR count). The van der Waals surface area contributed by atoms with Gasteiger partial charge in [0.1, 0.15) is 27.6 Å². The van der Waals surface area contributed by atoms with Crippen LogP contribution in [0.3, 0.4) is 0 Å². The van der Waals surface area contributed by atoms with Crippen LogP contribution < -0.4 is 30.7 Å². The van der Waals surface area contributed by atoms with Crippen molar-refractivity contribution in [3.05, 3.63) is 30.2 Å². The Labute approximate surface area is 210 Å². The number of carbonyl (C=O) groups is 1. The van der Waals surface area contributed by atoms with E-state index >= 15 is 0 Å². The predicted octanol–water partition coefficient (Wildman–Crippen LogP) is 1.11. The number of aliphatic hydroxyl groups excluding tert-OH is 1. The molecule has 190 valence electrons. The quantitative estimate of drug-likeness (QED) is 0.347. The Bertz CT molecular complexity index is 1280. The number of carbonyl (C=O) groups excluding carboxylic acids is 1. The van der Waals surface area contributed by atoms with Gasteiger partial charge in [-0.2, -0.15) is 23.4 Å². The van der Waals surface area contributed by atoms with Crippen LogP contribution in [-0.2, 0) is 11.3 Å². The number of hydrogen-bond acceptors (Lipinski definition) is 9. The molecule has 1 atom stereocenters. The smallest absolute Gasteiger partial charge is 0.394 e. The Morgan fingerprint density at radius 3 is 2.66 bits per heavy atom. The molecule has 2 heterocycles. The molecule has 0 saturated carbocycles. The number of nitrogens with one attached hydrogen (secondary N) is 3. The van der Waals surface area contributed by atoms with Crippen molar-refractivity contribution in [3.8, 4) is 6.07 Å². The lowest BCUT2D eigenvalue weighted by Crippen LogP contribution is -2.37. The van der Waals surface area contributed by atoms with Crippen LogP contribution in [-0.4, -0.2) is 50.9 Å². The number of halogens is 4. The average molecular weight is 578 g/mol.